The van der Waals surface area contributed by atoms with Crippen LogP contribution in [0, 0.1) is 0 Å². The summed E-state index contributed by atoms with van der Waals surface area (Å²) >= 11 is 1.45. The number of carbonyl (C=O) groups is 2. The number of amides is 1. The van der Waals surface area contributed by atoms with Gasteiger partial charge in [-0.1, -0.05) is 44.2 Å². The average Bonchev–Trinajstić information content (AvgIpc) is 2.98. The molecule has 2 aromatic rings. The Hall–Kier alpha value is -2.25. The van der Waals surface area contributed by atoms with Crippen molar-refractivity contribution in [2.24, 2.45) is 0 Å². The van der Waals surface area contributed by atoms with E-state index in [1.807, 2.05) is 30.3 Å². The molecule has 134 valence electrons. The van der Waals surface area contributed by atoms with Crippen LogP contribution in [0.2, 0.25) is 0 Å². The van der Waals surface area contributed by atoms with Crippen LogP contribution in [-0.2, 0) is 9.59 Å². The number of nitrogens with zero attached hydrogens (tertiary/aromatic N) is 2. The minimum absolute atomic E-state index is 0.00920. The number of anilines is 1. The topological polar surface area (TPSA) is 82.5 Å². The van der Waals surface area contributed by atoms with Crippen LogP contribution in [0.25, 0.3) is 11.3 Å². The van der Waals surface area contributed by atoms with E-state index in [9.17, 15) is 9.59 Å². The van der Waals surface area contributed by atoms with Crippen LogP contribution in [0.15, 0.2) is 30.3 Å². The van der Waals surface area contributed by atoms with E-state index in [0.29, 0.717) is 5.13 Å². The van der Waals surface area contributed by atoms with Crippen LogP contribution in [-0.4, -0.2) is 46.5 Å². The molecule has 2 N–H and O–H groups in total. The predicted octanol–water partition coefficient (Wildman–Crippen LogP) is 3.28. The van der Waals surface area contributed by atoms with E-state index < -0.39 is 12.0 Å². The van der Waals surface area contributed by atoms with Crippen LogP contribution < -0.4 is 5.32 Å². The van der Waals surface area contributed by atoms with Crippen molar-refractivity contribution in [3.8, 4) is 11.3 Å². The average molecular weight is 361 g/mol. The summed E-state index contributed by atoms with van der Waals surface area (Å²) in [6, 6.07) is 9.13. The molecule has 1 atom stereocenters. The highest BCUT2D eigenvalue weighted by Crippen LogP contribution is 2.36. The van der Waals surface area contributed by atoms with E-state index in [2.05, 4.69) is 24.1 Å². The van der Waals surface area contributed by atoms with Gasteiger partial charge >= 0.3 is 5.97 Å². The van der Waals surface area contributed by atoms with Crippen molar-refractivity contribution in [2.75, 3.05) is 18.9 Å². The zero-order valence-corrected chi connectivity index (χ0v) is 15.6. The number of thiazole rings is 1. The fourth-order valence-electron chi connectivity index (χ4n) is 2.29. The molecule has 0 aliphatic rings. The first-order valence-corrected chi connectivity index (χ1v) is 8.90. The second-order valence-corrected chi connectivity index (χ2v) is 7.26. The third-order valence-corrected chi connectivity index (χ3v) is 5.15. The van der Waals surface area contributed by atoms with Gasteiger partial charge in [0.15, 0.2) is 5.13 Å². The summed E-state index contributed by atoms with van der Waals surface area (Å²) in [5.74, 6) is -0.953. The molecule has 0 radical (unpaired) electrons. The van der Waals surface area contributed by atoms with Crippen molar-refractivity contribution in [3.05, 3.63) is 35.2 Å². The molecule has 7 heteroatoms. The van der Waals surface area contributed by atoms with Crippen molar-refractivity contribution in [1.82, 2.24) is 9.88 Å². The Labute approximate surface area is 151 Å². The third kappa shape index (κ3) is 4.87. The normalized spacial score (nSPS) is 12.4. The van der Waals surface area contributed by atoms with Crippen LogP contribution in [0.1, 0.15) is 31.6 Å². The number of likely N-dealkylation sites (N-methyl/N-ethyl adjacent to an activating group) is 1. The number of aromatic nitrogens is 1. The lowest BCUT2D eigenvalue weighted by Crippen LogP contribution is -2.40. The van der Waals surface area contributed by atoms with Crippen molar-refractivity contribution < 1.29 is 14.7 Å². The molecule has 0 aliphatic heterocycles. The van der Waals surface area contributed by atoms with E-state index >= 15 is 0 Å². The van der Waals surface area contributed by atoms with Crippen molar-refractivity contribution in [3.63, 3.8) is 0 Å². The number of rotatable bonds is 7. The number of hydrogen-bond donors (Lipinski definition) is 2. The smallest absolute Gasteiger partial charge is 0.320 e. The number of nitrogens with one attached hydrogen (secondary N) is 1. The Morgan fingerprint density at radius 2 is 1.88 bits per heavy atom. The van der Waals surface area contributed by atoms with E-state index in [-0.39, 0.29) is 18.4 Å². The Morgan fingerprint density at radius 3 is 2.44 bits per heavy atom. The lowest BCUT2D eigenvalue weighted by Gasteiger charge is -2.19. The van der Waals surface area contributed by atoms with E-state index in [4.69, 9.17) is 5.11 Å². The molecule has 0 aliphatic carbocycles. The summed E-state index contributed by atoms with van der Waals surface area (Å²) in [4.78, 5) is 30.3. The molecule has 1 amide bonds. The number of hydrogen-bond acceptors (Lipinski definition) is 5. The summed E-state index contributed by atoms with van der Waals surface area (Å²) in [5.41, 5.74) is 1.89. The number of aliphatic carboxylic acids is 1. The van der Waals surface area contributed by atoms with Gasteiger partial charge in [-0.15, -0.1) is 11.3 Å². The van der Waals surface area contributed by atoms with Crippen molar-refractivity contribution in [2.45, 2.75) is 32.7 Å². The summed E-state index contributed by atoms with van der Waals surface area (Å²) < 4.78 is 0. The molecular weight excluding hydrogens is 338 g/mol. The maximum atomic E-state index is 12.2. The molecule has 1 heterocycles. The highest BCUT2D eigenvalue weighted by molar-refractivity contribution is 7.16. The number of benzene rings is 1. The van der Waals surface area contributed by atoms with Crippen LogP contribution in [0.5, 0.6) is 0 Å². The van der Waals surface area contributed by atoms with Gasteiger partial charge in [-0.3, -0.25) is 14.5 Å². The maximum Gasteiger partial charge on any atom is 0.320 e. The Kier molecular flexibility index (Phi) is 6.27. The monoisotopic (exact) mass is 361 g/mol. The minimum Gasteiger partial charge on any atom is -0.480 e. The first kappa shape index (κ1) is 19.1. The minimum atomic E-state index is -0.960. The van der Waals surface area contributed by atoms with Gasteiger partial charge < -0.3 is 10.4 Å². The summed E-state index contributed by atoms with van der Waals surface area (Å²) in [6.07, 6.45) is 0. The number of carbonyl (C=O) groups excluding carboxylic acids is 1. The molecule has 25 heavy (non-hydrogen) atoms. The lowest BCUT2D eigenvalue weighted by molar-refractivity contribution is -0.142. The zero-order chi connectivity index (χ0) is 18.6. The highest BCUT2D eigenvalue weighted by atomic mass is 32.1. The van der Waals surface area contributed by atoms with Gasteiger partial charge in [-0.2, -0.15) is 0 Å². The summed E-state index contributed by atoms with van der Waals surface area (Å²) in [6.45, 7) is 5.72. The van der Waals surface area contributed by atoms with Crippen LogP contribution in [0.3, 0.4) is 0 Å². The SMILES string of the molecule is CC(C)c1sc(NC(=O)CN(C)C(C)C(=O)O)nc1-c1ccccc1. The molecular formula is C18H23N3O3S. The van der Waals surface area contributed by atoms with Gasteiger partial charge in [0.05, 0.1) is 12.2 Å². The number of carboxylic acid groups (broad SMARTS) is 1. The Morgan fingerprint density at radius 1 is 1.24 bits per heavy atom. The van der Waals surface area contributed by atoms with Crippen LogP contribution >= 0.6 is 11.3 Å². The van der Waals surface area contributed by atoms with Gasteiger partial charge in [-0.25, -0.2) is 4.98 Å². The van der Waals surface area contributed by atoms with E-state index in [1.54, 1.807) is 14.0 Å². The quantitative estimate of drug-likeness (QED) is 0.791. The molecule has 1 unspecified atom stereocenters. The molecule has 6 nitrogen and oxygen atoms in total. The van der Waals surface area contributed by atoms with Gasteiger partial charge in [0.1, 0.15) is 6.04 Å². The highest BCUT2D eigenvalue weighted by Gasteiger charge is 2.21. The Bertz CT molecular complexity index is 743. The molecule has 0 saturated carbocycles. The first-order chi connectivity index (χ1) is 11.8. The second-order valence-electron chi connectivity index (χ2n) is 6.23. The molecule has 1 aromatic carbocycles. The van der Waals surface area contributed by atoms with Crippen LogP contribution in [0.4, 0.5) is 5.13 Å². The second kappa shape index (κ2) is 8.22. The van der Waals surface area contributed by atoms with Gasteiger partial charge in [-0.05, 0) is 19.9 Å². The molecule has 0 fully saturated rings. The largest absolute Gasteiger partial charge is 0.480 e. The third-order valence-electron chi connectivity index (χ3n) is 3.88. The molecule has 1 aromatic heterocycles. The zero-order valence-electron chi connectivity index (χ0n) is 14.8. The molecule has 0 saturated heterocycles. The maximum absolute atomic E-state index is 12.2. The number of carboxylic acids is 1. The molecule has 0 bridgehead atoms. The van der Waals surface area contributed by atoms with Crippen molar-refractivity contribution in [1.29, 1.82) is 0 Å². The Balaban J connectivity index is 2.15. The molecule has 2 rings (SSSR count). The lowest BCUT2D eigenvalue weighted by atomic mass is 10.1. The van der Waals surface area contributed by atoms with Gasteiger partial charge in [0.2, 0.25) is 5.91 Å². The van der Waals surface area contributed by atoms with E-state index in [1.165, 1.54) is 16.2 Å². The molecule has 0 spiro atoms. The standard InChI is InChI=1S/C18H23N3O3S/c1-11(2)16-15(13-8-6-5-7-9-13)20-18(25-16)19-14(22)10-21(4)12(3)17(23)24/h5-9,11-12H,10H2,1-4H3,(H,23,24)(H,19,20,22). The first-order valence-electron chi connectivity index (χ1n) is 8.08. The van der Waals surface area contributed by atoms with Crippen molar-refractivity contribution >= 4 is 28.3 Å². The predicted molar refractivity (Wildman–Crippen MR) is 100.0 cm³/mol. The van der Waals surface area contributed by atoms with Gasteiger partial charge in [0, 0.05) is 10.4 Å². The fourth-order valence-corrected chi connectivity index (χ4v) is 3.30. The van der Waals surface area contributed by atoms with E-state index in [0.717, 1.165) is 16.1 Å². The summed E-state index contributed by atoms with van der Waals surface area (Å²) in [5, 5.41) is 12.3. The fraction of sp³-hybridized carbons (Fsp3) is 0.389. The van der Waals surface area contributed by atoms with Gasteiger partial charge in [0.25, 0.3) is 0 Å². The summed E-state index contributed by atoms with van der Waals surface area (Å²) in [7, 11) is 1.61.